The zero-order valence-electron chi connectivity index (χ0n) is 17.5. The molecule has 162 valence electrons. The van der Waals surface area contributed by atoms with Crippen molar-refractivity contribution in [3.05, 3.63) is 86.5 Å². The molecule has 0 radical (unpaired) electrons. The van der Waals surface area contributed by atoms with Crippen molar-refractivity contribution in [2.75, 3.05) is 14.2 Å². The summed E-state index contributed by atoms with van der Waals surface area (Å²) in [4.78, 5) is 12.3. The molecule has 0 heterocycles. The molecule has 0 atom stereocenters. The number of hydrazone groups is 1. The molecule has 0 aliphatic heterocycles. The number of ether oxygens (including phenoxy) is 3. The van der Waals surface area contributed by atoms with E-state index in [4.69, 9.17) is 14.2 Å². The van der Waals surface area contributed by atoms with Gasteiger partial charge in [-0.05, 0) is 70.6 Å². The molecule has 32 heavy (non-hydrogen) atoms. The Morgan fingerprint density at radius 3 is 2.59 bits per heavy atom. The van der Waals surface area contributed by atoms with E-state index in [1.807, 2.05) is 18.2 Å². The Bertz CT molecular complexity index is 1190. The van der Waals surface area contributed by atoms with Crippen molar-refractivity contribution in [3.8, 4) is 23.3 Å². The van der Waals surface area contributed by atoms with E-state index in [0.29, 0.717) is 33.9 Å². The molecule has 1 amide bonds. The van der Waals surface area contributed by atoms with Crippen molar-refractivity contribution >= 4 is 34.7 Å². The standard InChI is InChI=1S/C24H20IN3O4/c1-30-22-12-17(8-9-20(22)25)24(29)28-27-14-16-7-10-21(23(11-16)31-2)32-15-19-6-4-3-5-18(19)13-26/h3-12,14H,15H2,1-2H3,(H,28,29)/b27-14-. The van der Waals surface area contributed by atoms with Gasteiger partial charge in [-0.15, -0.1) is 0 Å². The third-order valence-corrected chi connectivity index (χ3v) is 5.39. The molecule has 7 nitrogen and oxygen atoms in total. The lowest BCUT2D eigenvalue weighted by Gasteiger charge is -2.12. The van der Waals surface area contributed by atoms with Crippen molar-refractivity contribution in [2.45, 2.75) is 6.61 Å². The van der Waals surface area contributed by atoms with E-state index in [9.17, 15) is 10.1 Å². The predicted octanol–water partition coefficient (Wildman–Crippen LogP) is 4.52. The van der Waals surface area contributed by atoms with Crippen LogP contribution < -0.4 is 19.6 Å². The van der Waals surface area contributed by atoms with Crippen LogP contribution in [0.2, 0.25) is 0 Å². The second-order valence-corrected chi connectivity index (χ2v) is 7.68. The van der Waals surface area contributed by atoms with E-state index in [1.165, 1.54) is 13.3 Å². The number of nitrogens with one attached hydrogen (secondary N) is 1. The number of hydrogen-bond donors (Lipinski definition) is 1. The Balaban J connectivity index is 1.66. The molecule has 1 N–H and O–H groups in total. The number of methoxy groups -OCH3 is 2. The van der Waals surface area contributed by atoms with E-state index in [2.05, 4.69) is 39.2 Å². The minimum Gasteiger partial charge on any atom is -0.496 e. The summed E-state index contributed by atoms with van der Waals surface area (Å²) < 4.78 is 17.4. The largest absolute Gasteiger partial charge is 0.496 e. The SMILES string of the molecule is COc1cc(C(=O)N/N=C\c2ccc(OCc3ccccc3C#N)c(OC)c2)ccc1I. The summed E-state index contributed by atoms with van der Waals surface area (Å²) in [6, 6.07) is 19.9. The van der Waals surface area contributed by atoms with Gasteiger partial charge < -0.3 is 14.2 Å². The van der Waals surface area contributed by atoms with Crippen molar-refractivity contribution in [1.82, 2.24) is 5.43 Å². The number of nitriles is 1. The Kier molecular flexibility index (Phi) is 8.05. The highest BCUT2D eigenvalue weighted by Crippen LogP contribution is 2.28. The number of carbonyl (C=O) groups excluding carboxylic acids is 1. The predicted molar refractivity (Wildman–Crippen MR) is 129 cm³/mol. The molecule has 0 fully saturated rings. The van der Waals surface area contributed by atoms with Gasteiger partial charge >= 0.3 is 0 Å². The van der Waals surface area contributed by atoms with E-state index < -0.39 is 0 Å². The molecular weight excluding hydrogens is 521 g/mol. The number of nitrogens with zero attached hydrogens (tertiary/aromatic N) is 2. The Hall–Kier alpha value is -3.58. The molecule has 3 rings (SSSR count). The van der Waals surface area contributed by atoms with E-state index in [0.717, 1.165) is 9.13 Å². The van der Waals surface area contributed by atoms with Gasteiger partial charge in [0.25, 0.3) is 5.91 Å². The lowest BCUT2D eigenvalue weighted by Crippen LogP contribution is -2.17. The molecule has 0 bridgehead atoms. The molecule has 0 aliphatic carbocycles. The minimum absolute atomic E-state index is 0.239. The van der Waals surface area contributed by atoms with Crippen molar-refractivity contribution in [1.29, 1.82) is 5.26 Å². The highest BCUT2D eigenvalue weighted by molar-refractivity contribution is 14.1. The molecule has 0 saturated carbocycles. The number of amides is 1. The van der Waals surface area contributed by atoms with Gasteiger partial charge in [0.1, 0.15) is 12.4 Å². The summed E-state index contributed by atoms with van der Waals surface area (Å²) in [7, 11) is 3.10. The first-order valence-corrected chi connectivity index (χ1v) is 10.6. The fraction of sp³-hybridized carbons (Fsp3) is 0.125. The van der Waals surface area contributed by atoms with Crippen LogP contribution in [0.4, 0.5) is 0 Å². The van der Waals surface area contributed by atoms with Crippen LogP contribution in [0.3, 0.4) is 0 Å². The molecular formula is C24H20IN3O4. The molecule has 0 unspecified atom stereocenters. The minimum atomic E-state index is -0.348. The van der Waals surface area contributed by atoms with Crippen LogP contribution in [0.25, 0.3) is 0 Å². The summed E-state index contributed by atoms with van der Waals surface area (Å²) >= 11 is 2.14. The topological polar surface area (TPSA) is 92.9 Å². The molecule has 0 aromatic heterocycles. The first kappa shape index (κ1) is 23.1. The van der Waals surface area contributed by atoms with Gasteiger partial charge in [0, 0.05) is 11.1 Å². The molecule has 8 heteroatoms. The first-order valence-electron chi connectivity index (χ1n) is 9.51. The maximum Gasteiger partial charge on any atom is 0.271 e. The Morgan fingerprint density at radius 2 is 1.84 bits per heavy atom. The molecule has 0 aliphatic rings. The lowest BCUT2D eigenvalue weighted by molar-refractivity contribution is 0.0954. The first-order chi connectivity index (χ1) is 15.5. The maximum atomic E-state index is 12.3. The fourth-order valence-corrected chi connectivity index (χ4v) is 3.38. The van der Waals surface area contributed by atoms with Crippen molar-refractivity contribution in [3.63, 3.8) is 0 Å². The van der Waals surface area contributed by atoms with Crippen LogP contribution in [-0.4, -0.2) is 26.3 Å². The summed E-state index contributed by atoms with van der Waals surface area (Å²) in [5, 5.41) is 13.2. The van der Waals surface area contributed by atoms with Crippen LogP contribution in [0.5, 0.6) is 17.2 Å². The smallest absolute Gasteiger partial charge is 0.271 e. The second kappa shape index (κ2) is 11.2. The summed E-state index contributed by atoms with van der Waals surface area (Å²) in [6.07, 6.45) is 1.51. The number of hydrogen-bond acceptors (Lipinski definition) is 6. The average Bonchev–Trinajstić information content (AvgIpc) is 2.83. The van der Waals surface area contributed by atoms with Crippen LogP contribution in [-0.2, 0) is 6.61 Å². The van der Waals surface area contributed by atoms with Crippen molar-refractivity contribution in [2.24, 2.45) is 5.10 Å². The number of benzene rings is 3. The summed E-state index contributed by atoms with van der Waals surface area (Å²) in [6.45, 7) is 0.239. The monoisotopic (exact) mass is 541 g/mol. The zero-order valence-corrected chi connectivity index (χ0v) is 19.6. The normalized spacial score (nSPS) is 10.4. The molecule has 3 aromatic rings. The Morgan fingerprint density at radius 1 is 1.06 bits per heavy atom. The third-order valence-electron chi connectivity index (χ3n) is 4.50. The third kappa shape index (κ3) is 5.76. The van der Waals surface area contributed by atoms with E-state index >= 15 is 0 Å². The maximum absolute atomic E-state index is 12.3. The van der Waals surface area contributed by atoms with Crippen LogP contribution in [0, 0.1) is 14.9 Å². The van der Waals surface area contributed by atoms with Gasteiger partial charge in [0.15, 0.2) is 11.5 Å². The summed E-state index contributed by atoms with van der Waals surface area (Å²) in [5.74, 6) is 1.32. The van der Waals surface area contributed by atoms with Crippen molar-refractivity contribution < 1.29 is 19.0 Å². The van der Waals surface area contributed by atoms with Crippen LogP contribution >= 0.6 is 22.6 Å². The van der Waals surface area contributed by atoms with Gasteiger partial charge in [0.05, 0.1) is 35.6 Å². The molecule has 3 aromatic carbocycles. The van der Waals surface area contributed by atoms with Gasteiger partial charge in [-0.25, -0.2) is 5.43 Å². The number of carbonyl (C=O) groups is 1. The number of halogens is 1. The van der Waals surface area contributed by atoms with Gasteiger partial charge in [0.2, 0.25) is 0 Å². The van der Waals surface area contributed by atoms with Gasteiger partial charge in [-0.2, -0.15) is 10.4 Å². The zero-order chi connectivity index (χ0) is 22.9. The average molecular weight is 541 g/mol. The van der Waals surface area contributed by atoms with Gasteiger partial charge in [-0.3, -0.25) is 4.79 Å². The van der Waals surface area contributed by atoms with Gasteiger partial charge in [-0.1, -0.05) is 18.2 Å². The molecule has 0 spiro atoms. The summed E-state index contributed by atoms with van der Waals surface area (Å²) in [5.41, 5.74) is 5.01. The lowest BCUT2D eigenvalue weighted by atomic mass is 10.1. The highest BCUT2D eigenvalue weighted by Gasteiger charge is 2.09. The Labute approximate surface area is 199 Å². The van der Waals surface area contributed by atoms with E-state index in [-0.39, 0.29) is 12.5 Å². The van der Waals surface area contributed by atoms with Crippen LogP contribution in [0.1, 0.15) is 27.0 Å². The van der Waals surface area contributed by atoms with Crippen LogP contribution in [0.15, 0.2) is 65.8 Å². The fourth-order valence-electron chi connectivity index (χ4n) is 2.83. The highest BCUT2D eigenvalue weighted by atomic mass is 127. The van der Waals surface area contributed by atoms with E-state index in [1.54, 1.807) is 49.6 Å². The molecule has 0 saturated heterocycles. The quantitative estimate of drug-likeness (QED) is 0.257. The second-order valence-electron chi connectivity index (χ2n) is 6.52. The number of rotatable bonds is 8.